The predicted molar refractivity (Wildman–Crippen MR) is 105 cm³/mol. The van der Waals surface area contributed by atoms with Crippen LogP contribution in [-0.4, -0.2) is 29.2 Å². The molecule has 3 amide bonds. The minimum atomic E-state index is -0.513. The van der Waals surface area contributed by atoms with Crippen molar-refractivity contribution in [3.8, 4) is 0 Å². The molecule has 1 aliphatic heterocycles. The monoisotopic (exact) mass is 383 g/mol. The van der Waals surface area contributed by atoms with E-state index in [1.165, 1.54) is 0 Å². The van der Waals surface area contributed by atoms with Gasteiger partial charge in [-0.2, -0.15) is 0 Å². The lowest BCUT2D eigenvalue weighted by Gasteiger charge is -2.18. The highest BCUT2D eigenvalue weighted by molar-refractivity contribution is 5.98. The second-order valence-corrected chi connectivity index (χ2v) is 8.03. The Hall–Kier alpha value is -3.09. The van der Waals surface area contributed by atoms with Crippen molar-refractivity contribution in [1.82, 2.24) is 4.90 Å². The van der Waals surface area contributed by atoms with Crippen molar-refractivity contribution in [3.63, 3.8) is 0 Å². The fourth-order valence-electron chi connectivity index (χ4n) is 2.93. The van der Waals surface area contributed by atoms with Gasteiger partial charge in [0.1, 0.15) is 5.76 Å². The largest absolute Gasteiger partial charge is 0.467 e. The Balaban J connectivity index is 1.60. The van der Waals surface area contributed by atoms with Crippen molar-refractivity contribution < 1.29 is 18.8 Å². The van der Waals surface area contributed by atoms with Crippen LogP contribution in [-0.2, 0) is 20.9 Å². The average Bonchev–Trinajstić information content (AvgIpc) is 3.25. The van der Waals surface area contributed by atoms with Crippen LogP contribution in [0.15, 0.2) is 47.1 Å². The maximum absolute atomic E-state index is 12.6. The van der Waals surface area contributed by atoms with Crippen LogP contribution < -0.4 is 10.6 Å². The van der Waals surface area contributed by atoms with E-state index in [4.69, 9.17) is 4.42 Å². The van der Waals surface area contributed by atoms with Gasteiger partial charge in [0, 0.05) is 29.8 Å². The van der Waals surface area contributed by atoms with Gasteiger partial charge in [0.15, 0.2) is 0 Å². The van der Waals surface area contributed by atoms with Gasteiger partial charge in [0.25, 0.3) is 0 Å². The molecule has 0 bridgehead atoms. The zero-order valence-corrected chi connectivity index (χ0v) is 16.3. The third kappa shape index (κ3) is 4.79. The van der Waals surface area contributed by atoms with Crippen LogP contribution in [0.3, 0.4) is 0 Å². The van der Waals surface area contributed by atoms with Crippen LogP contribution in [0.25, 0.3) is 0 Å². The maximum Gasteiger partial charge on any atom is 0.229 e. The smallest absolute Gasteiger partial charge is 0.229 e. The van der Waals surface area contributed by atoms with Gasteiger partial charge in [-0.1, -0.05) is 26.8 Å². The minimum Gasteiger partial charge on any atom is -0.467 e. The number of hydrogen-bond acceptors (Lipinski definition) is 4. The van der Waals surface area contributed by atoms with Crippen LogP contribution >= 0.6 is 0 Å². The van der Waals surface area contributed by atoms with Crippen molar-refractivity contribution in [2.24, 2.45) is 11.3 Å². The lowest BCUT2D eigenvalue weighted by molar-refractivity contribution is -0.129. The summed E-state index contributed by atoms with van der Waals surface area (Å²) in [4.78, 5) is 38.6. The third-order valence-corrected chi connectivity index (χ3v) is 4.58. The van der Waals surface area contributed by atoms with E-state index in [0.29, 0.717) is 30.2 Å². The Morgan fingerprint density at radius 2 is 1.86 bits per heavy atom. The van der Waals surface area contributed by atoms with Crippen molar-refractivity contribution >= 4 is 29.1 Å². The van der Waals surface area contributed by atoms with Gasteiger partial charge in [-0.15, -0.1) is 0 Å². The maximum atomic E-state index is 12.6. The van der Waals surface area contributed by atoms with Crippen molar-refractivity contribution in [3.05, 3.63) is 48.4 Å². The average molecular weight is 383 g/mol. The van der Waals surface area contributed by atoms with E-state index < -0.39 is 11.3 Å². The SMILES string of the molecule is CC(C)(C)C(=O)Nc1cccc(NC(=O)[C@@H]2CC(=O)N(Cc3ccco3)C2)c1. The number of amides is 3. The number of nitrogens with zero attached hydrogens (tertiary/aromatic N) is 1. The molecule has 1 atom stereocenters. The standard InChI is InChI=1S/C21H25N3O4/c1-21(2,3)20(27)23-16-7-4-6-15(11-16)22-19(26)14-10-18(25)24(12-14)13-17-8-5-9-28-17/h4-9,11,14H,10,12-13H2,1-3H3,(H,22,26)(H,23,27)/t14-/m1/s1. The summed E-state index contributed by atoms with van der Waals surface area (Å²) in [6.45, 7) is 6.22. The predicted octanol–water partition coefficient (Wildman–Crippen LogP) is 3.25. The summed E-state index contributed by atoms with van der Waals surface area (Å²) in [6, 6.07) is 10.6. The number of carbonyl (C=O) groups is 3. The van der Waals surface area contributed by atoms with E-state index >= 15 is 0 Å². The van der Waals surface area contributed by atoms with E-state index in [1.54, 1.807) is 47.6 Å². The Kier molecular flexibility index (Phi) is 5.53. The molecule has 2 heterocycles. The lowest BCUT2D eigenvalue weighted by atomic mass is 9.95. The van der Waals surface area contributed by atoms with E-state index in [2.05, 4.69) is 10.6 Å². The molecule has 3 rings (SSSR count). The molecule has 7 heteroatoms. The van der Waals surface area contributed by atoms with E-state index in [1.807, 2.05) is 20.8 Å². The summed E-state index contributed by atoms with van der Waals surface area (Å²) in [5, 5.41) is 5.68. The lowest BCUT2D eigenvalue weighted by Crippen LogP contribution is -2.28. The molecule has 2 N–H and O–H groups in total. The molecular weight excluding hydrogens is 358 g/mol. The second-order valence-electron chi connectivity index (χ2n) is 8.03. The van der Waals surface area contributed by atoms with Gasteiger partial charge in [-0.25, -0.2) is 0 Å². The fraction of sp³-hybridized carbons (Fsp3) is 0.381. The number of benzene rings is 1. The molecule has 0 saturated carbocycles. The molecule has 0 aliphatic carbocycles. The normalized spacial score (nSPS) is 16.9. The van der Waals surface area contributed by atoms with Gasteiger partial charge in [-0.3, -0.25) is 14.4 Å². The molecule has 0 radical (unpaired) electrons. The molecule has 28 heavy (non-hydrogen) atoms. The van der Waals surface area contributed by atoms with Gasteiger partial charge >= 0.3 is 0 Å². The van der Waals surface area contributed by atoms with Crippen molar-refractivity contribution in [2.45, 2.75) is 33.7 Å². The van der Waals surface area contributed by atoms with Crippen LogP contribution in [0.1, 0.15) is 33.0 Å². The first-order valence-electron chi connectivity index (χ1n) is 9.25. The van der Waals surface area contributed by atoms with E-state index in [-0.39, 0.29) is 24.1 Å². The molecule has 148 valence electrons. The van der Waals surface area contributed by atoms with Crippen molar-refractivity contribution in [1.29, 1.82) is 0 Å². The van der Waals surface area contributed by atoms with Gasteiger partial charge in [-0.05, 0) is 30.3 Å². The van der Waals surface area contributed by atoms with Gasteiger partial charge in [0.05, 0.1) is 18.7 Å². The number of nitrogens with one attached hydrogen (secondary N) is 2. The fourth-order valence-corrected chi connectivity index (χ4v) is 2.93. The molecule has 1 saturated heterocycles. The molecule has 1 aromatic heterocycles. The number of furan rings is 1. The summed E-state index contributed by atoms with van der Waals surface area (Å²) >= 11 is 0. The molecule has 1 aromatic carbocycles. The molecule has 1 fully saturated rings. The Bertz CT molecular complexity index is 868. The topological polar surface area (TPSA) is 91.7 Å². The number of carbonyl (C=O) groups excluding carboxylic acids is 3. The van der Waals surface area contributed by atoms with E-state index in [9.17, 15) is 14.4 Å². The van der Waals surface area contributed by atoms with Crippen LogP contribution in [0.4, 0.5) is 11.4 Å². The third-order valence-electron chi connectivity index (χ3n) is 4.58. The first-order valence-corrected chi connectivity index (χ1v) is 9.25. The summed E-state index contributed by atoms with van der Waals surface area (Å²) in [5.41, 5.74) is 0.675. The summed E-state index contributed by atoms with van der Waals surface area (Å²) < 4.78 is 5.27. The quantitative estimate of drug-likeness (QED) is 0.829. The highest BCUT2D eigenvalue weighted by Crippen LogP contribution is 2.24. The van der Waals surface area contributed by atoms with Gasteiger partial charge in [0.2, 0.25) is 17.7 Å². The Labute approximate surface area is 164 Å². The number of anilines is 2. The van der Waals surface area contributed by atoms with Gasteiger partial charge < -0.3 is 20.0 Å². The number of rotatable bonds is 5. The second kappa shape index (κ2) is 7.88. The minimum absolute atomic E-state index is 0.0669. The molecule has 0 spiro atoms. The Morgan fingerprint density at radius 1 is 1.14 bits per heavy atom. The first kappa shape index (κ1) is 19.7. The summed E-state index contributed by atoms with van der Waals surface area (Å²) in [7, 11) is 0. The molecule has 2 aromatic rings. The van der Waals surface area contributed by atoms with Crippen molar-refractivity contribution in [2.75, 3.05) is 17.2 Å². The molecular formula is C21H25N3O4. The van der Waals surface area contributed by atoms with E-state index in [0.717, 1.165) is 0 Å². The molecule has 7 nitrogen and oxygen atoms in total. The highest BCUT2D eigenvalue weighted by Gasteiger charge is 2.34. The Morgan fingerprint density at radius 3 is 2.50 bits per heavy atom. The van der Waals surface area contributed by atoms with Crippen LogP contribution in [0, 0.1) is 11.3 Å². The van der Waals surface area contributed by atoms with Crippen LogP contribution in [0.2, 0.25) is 0 Å². The molecule has 0 unspecified atom stereocenters. The first-order chi connectivity index (χ1) is 13.2. The summed E-state index contributed by atoms with van der Waals surface area (Å²) in [5.74, 6) is -0.116. The number of likely N-dealkylation sites (tertiary alicyclic amines) is 1. The molecule has 1 aliphatic rings. The summed E-state index contributed by atoms with van der Waals surface area (Å²) in [6.07, 6.45) is 1.73. The highest BCUT2D eigenvalue weighted by atomic mass is 16.3. The zero-order valence-electron chi connectivity index (χ0n) is 16.3. The zero-order chi connectivity index (χ0) is 20.3. The van der Waals surface area contributed by atoms with Crippen LogP contribution in [0.5, 0.6) is 0 Å². The number of hydrogen-bond donors (Lipinski definition) is 2.